The van der Waals surface area contributed by atoms with Gasteiger partial charge in [0, 0.05) is 11.1 Å². The largest absolute Gasteiger partial charge is 0.298 e. The van der Waals surface area contributed by atoms with E-state index in [4.69, 9.17) is 4.84 Å². The first kappa shape index (κ1) is 21.0. The van der Waals surface area contributed by atoms with E-state index in [1.807, 2.05) is 0 Å². The van der Waals surface area contributed by atoms with Gasteiger partial charge in [-0.1, -0.05) is 64.7 Å². The molecule has 1 heterocycles. The van der Waals surface area contributed by atoms with Gasteiger partial charge in [-0.05, 0) is 53.4 Å². The van der Waals surface area contributed by atoms with Gasteiger partial charge < -0.3 is 0 Å². The summed E-state index contributed by atoms with van der Waals surface area (Å²) in [6.07, 6.45) is 17.6. The highest BCUT2D eigenvalue weighted by Gasteiger charge is 2.42. The summed E-state index contributed by atoms with van der Waals surface area (Å²) in [6, 6.07) is 0. The molecule has 1 aliphatic rings. The van der Waals surface area contributed by atoms with Crippen molar-refractivity contribution in [3.8, 4) is 0 Å². The minimum atomic E-state index is 0.181. The summed E-state index contributed by atoms with van der Waals surface area (Å²) < 4.78 is 0. The van der Waals surface area contributed by atoms with Crippen molar-refractivity contribution in [3.05, 3.63) is 0 Å². The number of piperidine rings is 1. The van der Waals surface area contributed by atoms with Gasteiger partial charge in [0.2, 0.25) is 0 Å². The van der Waals surface area contributed by atoms with Crippen molar-refractivity contribution in [2.75, 3.05) is 6.61 Å². The van der Waals surface area contributed by atoms with E-state index in [1.54, 1.807) is 0 Å². The van der Waals surface area contributed by atoms with Gasteiger partial charge in [0.15, 0.2) is 0 Å². The first-order valence-electron chi connectivity index (χ1n) is 10.3. The van der Waals surface area contributed by atoms with Crippen molar-refractivity contribution < 1.29 is 4.84 Å². The van der Waals surface area contributed by atoms with Crippen LogP contribution in [0, 0.1) is 0 Å². The number of rotatable bonds is 12. The maximum absolute atomic E-state index is 6.22. The van der Waals surface area contributed by atoms with Gasteiger partial charge in [-0.25, -0.2) is 0 Å². The van der Waals surface area contributed by atoms with Crippen LogP contribution >= 0.6 is 0 Å². The second-order valence-electron chi connectivity index (χ2n) is 8.79. The number of hydrogen-bond acceptors (Lipinski definition) is 2. The van der Waals surface area contributed by atoms with E-state index in [-0.39, 0.29) is 11.1 Å². The lowest BCUT2D eigenvalue weighted by Crippen LogP contribution is -2.58. The minimum Gasteiger partial charge on any atom is -0.298 e. The number of nitrogens with zero attached hydrogens (tertiary/aromatic N) is 1. The van der Waals surface area contributed by atoms with Gasteiger partial charge in [0.25, 0.3) is 0 Å². The third-order valence-corrected chi connectivity index (χ3v) is 5.40. The fraction of sp³-hybridized carbons (Fsp3) is 1.00. The van der Waals surface area contributed by atoms with Gasteiger partial charge in [-0.3, -0.25) is 4.84 Å². The lowest BCUT2D eigenvalue weighted by Gasteiger charge is -2.51. The molecular formula is C21H43NO. The number of unbranched alkanes of at least 4 members (excludes halogenated alkanes) is 9. The van der Waals surface area contributed by atoms with Crippen LogP contribution in [0.5, 0.6) is 0 Å². The standard InChI is InChI=1S/C21H43NO/c1-6-7-8-9-10-11-12-13-14-15-19-23-22-20(2,3)17-16-18-21(22,4)5/h6-19H2,1-5H3. The molecule has 0 bridgehead atoms. The Morgan fingerprint density at radius 3 is 1.61 bits per heavy atom. The van der Waals surface area contributed by atoms with E-state index in [1.165, 1.54) is 83.5 Å². The molecule has 138 valence electrons. The number of hydroxylamine groups is 2. The van der Waals surface area contributed by atoms with E-state index in [2.05, 4.69) is 39.7 Å². The average molecular weight is 326 g/mol. The molecule has 1 saturated heterocycles. The molecule has 0 aromatic carbocycles. The lowest BCUT2D eigenvalue weighted by atomic mass is 9.82. The summed E-state index contributed by atoms with van der Waals surface area (Å²) >= 11 is 0. The molecule has 0 aliphatic carbocycles. The maximum Gasteiger partial charge on any atom is 0.0685 e. The fourth-order valence-electron chi connectivity index (χ4n) is 4.07. The molecule has 0 unspecified atom stereocenters. The smallest absolute Gasteiger partial charge is 0.0685 e. The van der Waals surface area contributed by atoms with Crippen LogP contribution in [0.15, 0.2) is 0 Å². The first-order valence-corrected chi connectivity index (χ1v) is 10.3. The molecule has 1 rings (SSSR count). The van der Waals surface area contributed by atoms with Crippen LogP contribution in [0.2, 0.25) is 0 Å². The molecule has 23 heavy (non-hydrogen) atoms. The zero-order valence-electron chi connectivity index (χ0n) is 16.8. The van der Waals surface area contributed by atoms with Crippen LogP contribution in [-0.2, 0) is 4.84 Å². The average Bonchev–Trinajstić information content (AvgIpc) is 2.46. The van der Waals surface area contributed by atoms with Crippen molar-refractivity contribution in [2.45, 2.75) is 129 Å². The molecule has 0 saturated carbocycles. The van der Waals surface area contributed by atoms with Crippen molar-refractivity contribution in [3.63, 3.8) is 0 Å². The van der Waals surface area contributed by atoms with E-state index in [0.717, 1.165) is 6.61 Å². The summed E-state index contributed by atoms with van der Waals surface area (Å²) in [5, 5.41) is 2.30. The topological polar surface area (TPSA) is 12.5 Å². The van der Waals surface area contributed by atoms with Crippen LogP contribution in [0.1, 0.15) is 118 Å². The molecule has 0 spiro atoms. The molecule has 2 nitrogen and oxygen atoms in total. The Hall–Kier alpha value is -0.0800. The second-order valence-corrected chi connectivity index (χ2v) is 8.79. The zero-order chi connectivity index (χ0) is 17.2. The van der Waals surface area contributed by atoms with Gasteiger partial charge >= 0.3 is 0 Å². The summed E-state index contributed by atoms with van der Waals surface area (Å²) in [6.45, 7) is 12.5. The van der Waals surface area contributed by atoms with Crippen molar-refractivity contribution in [1.29, 1.82) is 0 Å². The molecule has 2 heteroatoms. The lowest BCUT2D eigenvalue weighted by molar-refractivity contribution is -0.281. The van der Waals surface area contributed by atoms with Gasteiger partial charge in [-0.15, -0.1) is 0 Å². The molecular weight excluding hydrogens is 282 g/mol. The Bertz CT molecular complexity index is 282. The van der Waals surface area contributed by atoms with Gasteiger partial charge in [0.05, 0.1) is 6.61 Å². The molecule has 0 radical (unpaired) electrons. The molecule has 0 aromatic rings. The summed E-state index contributed by atoms with van der Waals surface area (Å²) in [4.78, 5) is 6.22. The Balaban J connectivity index is 2.03. The molecule has 0 atom stereocenters. The van der Waals surface area contributed by atoms with E-state index in [9.17, 15) is 0 Å². The van der Waals surface area contributed by atoms with Crippen LogP contribution in [0.4, 0.5) is 0 Å². The number of hydrogen-bond donors (Lipinski definition) is 0. The van der Waals surface area contributed by atoms with Crippen LogP contribution in [0.25, 0.3) is 0 Å². The van der Waals surface area contributed by atoms with E-state index < -0.39 is 0 Å². The van der Waals surface area contributed by atoms with E-state index in [0.29, 0.717) is 0 Å². The molecule has 0 N–H and O–H groups in total. The van der Waals surface area contributed by atoms with Gasteiger partial charge in [0.1, 0.15) is 0 Å². The first-order chi connectivity index (χ1) is 10.9. The fourth-order valence-corrected chi connectivity index (χ4v) is 4.07. The Kier molecular flexibility index (Phi) is 9.77. The molecule has 1 aliphatic heterocycles. The quantitative estimate of drug-likeness (QED) is 0.362. The predicted octanol–water partition coefficient (Wildman–Crippen LogP) is 6.88. The monoisotopic (exact) mass is 325 g/mol. The Morgan fingerprint density at radius 2 is 1.13 bits per heavy atom. The normalized spacial score (nSPS) is 20.7. The molecule has 0 aromatic heterocycles. The maximum atomic E-state index is 6.22. The summed E-state index contributed by atoms with van der Waals surface area (Å²) in [5.41, 5.74) is 0.362. The van der Waals surface area contributed by atoms with Crippen molar-refractivity contribution >= 4 is 0 Å². The molecule has 0 amide bonds. The highest BCUT2D eigenvalue weighted by atomic mass is 16.7. The highest BCUT2D eigenvalue weighted by molar-refractivity contribution is 4.92. The SMILES string of the molecule is CCCCCCCCCCCCON1C(C)(C)CCCC1(C)C. The highest BCUT2D eigenvalue weighted by Crippen LogP contribution is 2.38. The molecule has 1 fully saturated rings. The summed E-state index contributed by atoms with van der Waals surface area (Å²) in [5.74, 6) is 0. The predicted molar refractivity (Wildman–Crippen MR) is 102 cm³/mol. The van der Waals surface area contributed by atoms with Crippen LogP contribution < -0.4 is 0 Å². The third kappa shape index (κ3) is 8.03. The van der Waals surface area contributed by atoms with Crippen molar-refractivity contribution in [1.82, 2.24) is 5.06 Å². The summed E-state index contributed by atoms with van der Waals surface area (Å²) in [7, 11) is 0. The van der Waals surface area contributed by atoms with Crippen LogP contribution in [0.3, 0.4) is 0 Å². The zero-order valence-corrected chi connectivity index (χ0v) is 16.8. The van der Waals surface area contributed by atoms with Crippen molar-refractivity contribution in [2.24, 2.45) is 0 Å². The second kappa shape index (κ2) is 10.7. The minimum absolute atomic E-state index is 0.181. The third-order valence-electron chi connectivity index (χ3n) is 5.40. The van der Waals surface area contributed by atoms with E-state index >= 15 is 0 Å². The Morgan fingerprint density at radius 1 is 0.696 bits per heavy atom. The van der Waals surface area contributed by atoms with Crippen LogP contribution in [-0.4, -0.2) is 22.7 Å². The Labute approximate surface area is 146 Å². The van der Waals surface area contributed by atoms with Gasteiger partial charge in [-0.2, -0.15) is 5.06 Å².